The summed E-state index contributed by atoms with van der Waals surface area (Å²) in [5.74, 6) is 4.07. The molecule has 1 aromatic carbocycles. The lowest BCUT2D eigenvalue weighted by molar-refractivity contribution is -0.116. The molecule has 0 amide bonds. The van der Waals surface area contributed by atoms with Gasteiger partial charge in [0.1, 0.15) is 12.4 Å². The van der Waals surface area contributed by atoms with Crippen LogP contribution in [0.4, 0.5) is 0 Å². The van der Waals surface area contributed by atoms with E-state index in [1.165, 1.54) is 17.6 Å². The van der Waals surface area contributed by atoms with Crippen LogP contribution in [-0.2, 0) is 4.79 Å². The highest BCUT2D eigenvalue weighted by atomic mass is 16.5. The third kappa shape index (κ3) is 3.84. The molecule has 32 heavy (non-hydrogen) atoms. The molecule has 0 aromatic heterocycles. The van der Waals surface area contributed by atoms with Gasteiger partial charge in [-0.25, -0.2) is 0 Å². The van der Waals surface area contributed by atoms with Crippen molar-refractivity contribution in [3.05, 3.63) is 41.5 Å². The first-order valence-corrected chi connectivity index (χ1v) is 12.7. The highest BCUT2D eigenvalue weighted by Crippen LogP contribution is 2.64. The molecule has 174 valence electrons. The maximum atomic E-state index is 12.3. The molecule has 4 aliphatic carbocycles. The van der Waals surface area contributed by atoms with E-state index < -0.39 is 0 Å². The predicted molar refractivity (Wildman–Crippen MR) is 127 cm³/mol. The van der Waals surface area contributed by atoms with Crippen LogP contribution in [0.1, 0.15) is 63.4 Å². The Labute approximate surface area is 193 Å². The van der Waals surface area contributed by atoms with Crippen LogP contribution in [0.5, 0.6) is 5.75 Å². The summed E-state index contributed by atoms with van der Waals surface area (Å²) in [5.41, 5.74) is 2.84. The summed E-state index contributed by atoms with van der Waals surface area (Å²) in [6.45, 7) is 3.94. The van der Waals surface area contributed by atoms with Gasteiger partial charge in [-0.1, -0.05) is 24.6 Å². The Morgan fingerprint density at radius 2 is 1.88 bits per heavy atom. The number of allylic oxidation sites excluding steroid dienone is 1. The maximum absolute atomic E-state index is 12.3. The number of carbonyl (C=O) groups is 1. The second kappa shape index (κ2) is 8.61. The minimum absolute atomic E-state index is 0.0559. The van der Waals surface area contributed by atoms with E-state index in [9.17, 15) is 9.90 Å². The average Bonchev–Trinajstić information content (AvgIpc) is 3.07. The van der Waals surface area contributed by atoms with Crippen LogP contribution in [0, 0.1) is 29.1 Å². The quantitative estimate of drug-likeness (QED) is 0.717. The third-order valence-corrected chi connectivity index (χ3v) is 9.41. The van der Waals surface area contributed by atoms with Gasteiger partial charge >= 0.3 is 0 Å². The van der Waals surface area contributed by atoms with E-state index in [1.807, 2.05) is 6.08 Å². The normalized spacial score (nSPS) is 38.7. The fraction of sp³-hybridized carbons (Fsp3) is 0.679. The third-order valence-electron chi connectivity index (χ3n) is 9.41. The molecule has 0 saturated heterocycles. The Morgan fingerprint density at radius 1 is 1.09 bits per heavy atom. The molecular weight excluding hydrogens is 398 g/mol. The molecule has 7 atom stereocenters. The van der Waals surface area contributed by atoms with E-state index in [-0.39, 0.29) is 11.5 Å². The number of hydrogen-bond donors (Lipinski definition) is 1. The summed E-state index contributed by atoms with van der Waals surface area (Å²) < 4.78 is 5.93. The van der Waals surface area contributed by atoms with Crippen molar-refractivity contribution in [2.45, 2.75) is 63.9 Å². The number of likely N-dealkylation sites (N-methyl/N-ethyl adjacent to an activating group) is 1. The first-order valence-electron chi connectivity index (χ1n) is 12.7. The molecule has 4 aliphatic rings. The Hall–Kier alpha value is -1.65. The van der Waals surface area contributed by atoms with Crippen molar-refractivity contribution >= 4 is 5.78 Å². The molecule has 1 N–H and O–H groups in total. The van der Waals surface area contributed by atoms with E-state index in [1.54, 1.807) is 0 Å². The lowest BCUT2D eigenvalue weighted by Crippen LogP contribution is -2.50. The second-order valence-electron chi connectivity index (χ2n) is 11.3. The number of ether oxygens (including phenoxy) is 1. The molecule has 3 fully saturated rings. The van der Waals surface area contributed by atoms with E-state index in [0.717, 1.165) is 44.4 Å². The minimum atomic E-state index is -0.161. The SMILES string of the molecule is CN(C)CCOc1ccc([C@@H]2CC3=CC(=O)CC[C@@H]3[C@H]3CC[C@]4(C)[C@@H](O)CC[C@H]4[C@@H]32)cc1. The molecule has 0 aliphatic heterocycles. The molecule has 1 aromatic rings. The lowest BCUT2D eigenvalue weighted by atomic mass is 9.48. The van der Waals surface area contributed by atoms with Gasteiger partial charge in [0.05, 0.1) is 6.10 Å². The summed E-state index contributed by atoms with van der Waals surface area (Å²) in [4.78, 5) is 14.4. The predicted octanol–water partition coefficient (Wildman–Crippen LogP) is 4.82. The summed E-state index contributed by atoms with van der Waals surface area (Å²) in [7, 11) is 4.11. The molecule has 0 heterocycles. The Balaban J connectivity index is 1.45. The first-order chi connectivity index (χ1) is 15.4. The Morgan fingerprint density at radius 3 is 2.62 bits per heavy atom. The van der Waals surface area contributed by atoms with Crippen molar-refractivity contribution < 1.29 is 14.6 Å². The molecule has 5 rings (SSSR count). The number of hydrogen-bond acceptors (Lipinski definition) is 4. The van der Waals surface area contributed by atoms with Crippen LogP contribution in [-0.4, -0.2) is 49.1 Å². The number of carbonyl (C=O) groups excluding carboxylic acids is 1. The number of ketones is 1. The fourth-order valence-electron chi connectivity index (χ4n) is 7.70. The van der Waals surface area contributed by atoms with Crippen LogP contribution >= 0.6 is 0 Å². The van der Waals surface area contributed by atoms with Crippen molar-refractivity contribution in [1.82, 2.24) is 4.90 Å². The summed E-state index contributed by atoms with van der Waals surface area (Å²) in [6.07, 6.45) is 8.99. The zero-order valence-electron chi connectivity index (χ0n) is 19.9. The van der Waals surface area contributed by atoms with Gasteiger partial charge in [-0.2, -0.15) is 0 Å². The highest BCUT2D eigenvalue weighted by Gasteiger charge is 2.58. The molecule has 0 spiro atoms. The molecule has 0 radical (unpaired) electrons. The van der Waals surface area contributed by atoms with E-state index in [2.05, 4.69) is 50.2 Å². The van der Waals surface area contributed by atoms with Gasteiger partial charge in [0.15, 0.2) is 5.78 Å². The minimum Gasteiger partial charge on any atom is -0.492 e. The Kier molecular flexibility index (Phi) is 5.96. The van der Waals surface area contributed by atoms with Gasteiger partial charge in [-0.05, 0) is 111 Å². The molecule has 0 unspecified atom stereocenters. The van der Waals surface area contributed by atoms with E-state index >= 15 is 0 Å². The number of fused-ring (bicyclic) bond motifs is 5. The molecule has 4 nitrogen and oxygen atoms in total. The first kappa shape index (κ1) is 22.2. The summed E-state index contributed by atoms with van der Waals surface area (Å²) in [5, 5.41) is 10.9. The molecule has 0 bridgehead atoms. The zero-order chi connectivity index (χ0) is 22.5. The van der Waals surface area contributed by atoms with E-state index in [0.29, 0.717) is 48.4 Å². The van der Waals surface area contributed by atoms with Gasteiger partial charge in [0.2, 0.25) is 0 Å². The smallest absolute Gasteiger partial charge is 0.155 e. The number of rotatable bonds is 5. The fourth-order valence-corrected chi connectivity index (χ4v) is 7.70. The average molecular weight is 438 g/mol. The Bertz CT molecular complexity index is 875. The second-order valence-corrected chi connectivity index (χ2v) is 11.3. The van der Waals surface area contributed by atoms with Crippen LogP contribution in [0.15, 0.2) is 35.9 Å². The molecular formula is C28H39NO3. The topological polar surface area (TPSA) is 49.8 Å². The monoisotopic (exact) mass is 437 g/mol. The lowest BCUT2D eigenvalue weighted by Gasteiger charge is -2.56. The van der Waals surface area contributed by atoms with Gasteiger partial charge in [-0.15, -0.1) is 0 Å². The van der Waals surface area contributed by atoms with Gasteiger partial charge < -0.3 is 14.7 Å². The number of aliphatic hydroxyl groups is 1. The number of benzene rings is 1. The zero-order valence-corrected chi connectivity index (χ0v) is 19.9. The van der Waals surface area contributed by atoms with Gasteiger partial charge in [-0.3, -0.25) is 4.79 Å². The molecule has 4 heteroatoms. The van der Waals surface area contributed by atoms with Crippen molar-refractivity contribution in [1.29, 1.82) is 0 Å². The summed E-state index contributed by atoms with van der Waals surface area (Å²) in [6, 6.07) is 8.77. The number of aliphatic hydroxyl groups excluding tert-OH is 1. The van der Waals surface area contributed by atoms with Crippen molar-refractivity contribution in [3.63, 3.8) is 0 Å². The number of nitrogens with zero attached hydrogens (tertiary/aromatic N) is 1. The van der Waals surface area contributed by atoms with E-state index in [4.69, 9.17) is 4.74 Å². The van der Waals surface area contributed by atoms with Crippen molar-refractivity contribution in [2.24, 2.45) is 29.1 Å². The maximum Gasteiger partial charge on any atom is 0.155 e. The van der Waals surface area contributed by atoms with Crippen LogP contribution in [0.3, 0.4) is 0 Å². The van der Waals surface area contributed by atoms with Crippen LogP contribution < -0.4 is 4.74 Å². The molecule has 3 saturated carbocycles. The largest absolute Gasteiger partial charge is 0.492 e. The van der Waals surface area contributed by atoms with Crippen molar-refractivity contribution in [3.8, 4) is 5.75 Å². The van der Waals surface area contributed by atoms with Gasteiger partial charge in [0.25, 0.3) is 0 Å². The van der Waals surface area contributed by atoms with Crippen LogP contribution in [0.25, 0.3) is 0 Å². The standard InChI is InChI=1S/C28H39NO3/c1-28-13-12-23-22-9-6-20(30)16-19(22)17-24(27(23)25(28)10-11-26(28)31)18-4-7-21(8-5-18)32-15-14-29(2)3/h4-5,7-8,16,22-27,31H,6,9-15,17H2,1-3H3/t22-,23+,24-,25-,26-,27-,28-/m0/s1. The highest BCUT2D eigenvalue weighted by molar-refractivity contribution is 5.91. The van der Waals surface area contributed by atoms with Gasteiger partial charge in [0, 0.05) is 13.0 Å². The van der Waals surface area contributed by atoms with Crippen LogP contribution in [0.2, 0.25) is 0 Å². The van der Waals surface area contributed by atoms with Crippen molar-refractivity contribution in [2.75, 3.05) is 27.2 Å². The summed E-state index contributed by atoms with van der Waals surface area (Å²) >= 11 is 0.